The van der Waals surface area contributed by atoms with Crippen molar-refractivity contribution < 1.29 is 31.8 Å². The van der Waals surface area contributed by atoms with Crippen molar-refractivity contribution in [3.05, 3.63) is 84.1 Å². The maximum absolute atomic E-state index is 16.7. The van der Waals surface area contributed by atoms with Gasteiger partial charge in [-0.25, -0.2) is 17.6 Å². The number of rotatable bonds is 7. The second-order valence-electron chi connectivity index (χ2n) is 13.5. The van der Waals surface area contributed by atoms with Gasteiger partial charge in [0, 0.05) is 36.3 Å². The molecule has 0 radical (unpaired) electrons. The van der Waals surface area contributed by atoms with Gasteiger partial charge in [-0.15, -0.1) is 0 Å². The van der Waals surface area contributed by atoms with Gasteiger partial charge in [-0.05, 0) is 81.6 Å². The van der Waals surface area contributed by atoms with E-state index >= 15 is 8.78 Å². The molecule has 3 aliphatic heterocycles. The molecule has 3 aromatic carbocycles. The second-order valence-corrected chi connectivity index (χ2v) is 13.5. The number of aromatic nitrogens is 3. The smallest absolute Gasteiger partial charge is 0.319 e. The second kappa shape index (κ2) is 13.1. The number of fused-ring (bicyclic) bond motifs is 3. The Hall–Kier alpha value is -4.84. The van der Waals surface area contributed by atoms with Crippen LogP contribution in [0.1, 0.15) is 44.9 Å². The zero-order valence-corrected chi connectivity index (χ0v) is 27.3. The Morgan fingerprint density at radius 3 is 2.46 bits per heavy atom. The minimum Gasteiger partial charge on any atom is -0.461 e. The number of hydrogen-bond acceptors (Lipinski definition) is 8. The fourth-order valence-electron chi connectivity index (χ4n) is 7.95. The van der Waals surface area contributed by atoms with Gasteiger partial charge in [0.15, 0.2) is 17.5 Å². The van der Waals surface area contributed by atoms with E-state index in [2.05, 4.69) is 14.9 Å². The van der Waals surface area contributed by atoms with Gasteiger partial charge in [-0.2, -0.15) is 9.97 Å². The molecule has 3 fully saturated rings. The minimum absolute atomic E-state index is 0.00841. The lowest BCUT2D eigenvalue weighted by Gasteiger charge is -2.31. The van der Waals surface area contributed by atoms with E-state index in [9.17, 15) is 13.6 Å². The number of benzene rings is 3. The number of ether oxygens (including phenoxy) is 2. The normalized spacial score (nSPS) is 19.1. The molecule has 2 aromatic heterocycles. The molecule has 258 valence electrons. The number of nitrogens with zero attached hydrogens (tertiary/aromatic N) is 5. The minimum atomic E-state index is -1.10. The third-order valence-corrected chi connectivity index (χ3v) is 10.5. The summed E-state index contributed by atoms with van der Waals surface area (Å²) in [6.45, 7) is 3.29. The van der Waals surface area contributed by atoms with E-state index in [4.69, 9.17) is 14.5 Å². The summed E-state index contributed by atoms with van der Waals surface area (Å²) in [4.78, 5) is 31.4. The van der Waals surface area contributed by atoms with Crippen LogP contribution in [0.5, 0.6) is 11.8 Å². The molecule has 1 atom stereocenters. The molecule has 3 aliphatic rings. The van der Waals surface area contributed by atoms with Crippen LogP contribution in [0.2, 0.25) is 0 Å². The molecule has 8 nitrogen and oxygen atoms in total. The SMILES string of the molecule is O=C(Oc1ccc(F)c(F)c1)C1CCCN(c2nc(OCC34CCCN3CCC4)nc3c(F)c(-c4cccc5cccc(F)c45)ncc23)CC1. The molecule has 3 saturated heterocycles. The Bertz CT molecular complexity index is 2100. The van der Waals surface area contributed by atoms with Crippen molar-refractivity contribution in [2.45, 2.75) is 50.5 Å². The van der Waals surface area contributed by atoms with Gasteiger partial charge in [0.1, 0.15) is 35.2 Å². The lowest BCUT2D eigenvalue weighted by Crippen LogP contribution is -2.43. The van der Waals surface area contributed by atoms with Gasteiger partial charge < -0.3 is 14.4 Å². The lowest BCUT2D eigenvalue weighted by molar-refractivity contribution is -0.139. The van der Waals surface area contributed by atoms with Crippen molar-refractivity contribution >= 4 is 33.5 Å². The highest BCUT2D eigenvalue weighted by atomic mass is 19.2. The molecular weight excluding hydrogens is 650 g/mol. The summed E-state index contributed by atoms with van der Waals surface area (Å²) in [5, 5.41) is 1.25. The summed E-state index contributed by atoms with van der Waals surface area (Å²) >= 11 is 0. The Labute approximate surface area is 286 Å². The van der Waals surface area contributed by atoms with E-state index in [1.165, 1.54) is 18.3 Å². The maximum Gasteiger partial charge on any atom is 0.319 e. The van der Waals surface area contributed by atoms with E-state index < -0.39 is 35.2 Å². The molecular formula is C38H35F4N5O3. The third kappa shape index (κ3) is 5.89. The zero-order chi connectivity index (χ0) is 34.4. The van der Waals surface area contributed by atoms with Gasteiger partial charge >= 0.3 is 12.0 Å². The number of anilines is 1. The first-order chi connectivity index (χ1) is 24.3. The van der Waals surface area contributed by atoms with Crippen LogP contribution in [0.4, 0.5) is 23.4 Å². The molecule has 0 aliphatic carbocycles. The standard InChI is InChI=1S/C38H35F4N5O3/c39-28-12-11-25(20-30(28)41)50-36(48)24-8-3-16-46(19-13-24)35-27-21-43-33(26-9-1-6-23-7-2-10-29(40)31(23)26)32(42)34(27)44-37(45-35)49-22-38-14-4-17-47(38)18-5-15-38/h1-2,6-7,9-12,20-21,24H,3-5,8,13-19,22H2. The zero-order valence-electron chi connectivity index (χ0n) is 27.3. The molecule has 8 rings (SSSR count). The van der Waals surface area contributed by atoms with Crippen LogP contribution < -0.4 is 14.4 Å². The van der Waals surface area contributed by atoms with Crippen molar-refractivity contribution in [1.29, 1.82) is 0 Å². The average molecular weight is 686 g/mol. The fourth-order valence-corrected chi connectivity index (χ4v) is 7.95. The van der Waals surface area contributed by atoms with E-state index in [-0.39, 0.29) is 33.9 Å². The molecule has 50 heavy (non-hydrogen) atoms. The Balaban J connectivity index is 1.14. The summed E-state index contributed by atoms with van der Waals surface area (Å²) in [6, 6.07) is 12.9. The van der Waals surface area contributed by atoms with E-state index in [1.807, 2.05) is 4.90 Å². The average Bonchev–Trinajstić information content (AvgIpc) is 3.60. The van der Waals surface area contributed by atoms with Crippen molar-refractivity contribution in [3.63, 3.8) is 0 Å². The number of halogens is 4. The predicted molar refractivity (Wildman–Crippen MR) is 180 cm³/mol. The van der Waals surface area contributed by atoms with Crippen LogP contribution in [-0.2, 0) is 4.79 Å². The van der Waals surface area contributed by atoms with Gasteiger partial charge in [-0.3, -0.25) is 14.7 Å². The summed E-state index contributed by atoms with van der Waals surface area (Å²) < 4.78 is 70.7. The summed E-state index contributed by atoms with van der Waals surface area (Å²) in [5.41, 5.74) is 0.196. The van der Waals surface area contributed by atoms with E-state index in [1.54, 1.807) is 30.3 Å². The number of esters is 1. The highest BCUT2D eigenvalue weighted by molar-refractivity contribution is 5.99. The monoisotopic (exact) mass is 685 g/mol. The van der Waals surface area contributed by atoms with Crippen molar-refractivity contribution in [2.24, 2.45) is 5.92 Å². The van der Waals surface area contributed by atoms with Crippen molar-refractivity contribution in [1.82, 2.24) is 19.9 Å². The number of carbonyl (C=O) groups is 1. The van der Waals surface area contributed by atoms with Gasteiger partial charge in [0.2, 0.25) is 0 Å². The quantitative estimate of drug-likeness (QED) is 0.0984. The largest absolute Gasteiger partial charge is 0.461 e. The summed E-state index contributed by atoms with van der Waals surface area (Å²) in [6.07, 6.45) is 7.17. The molecule has 0 saturated carbocycles. The molecule has 0 N–H and O–H groups in total. The molecule has 0 amide bonds. The van der Waals surface area contributed by atoms with Crippen molar-refractivity contribution in [2.75, 3.05) is 37.7 Å². The molecule has 0 spiro atoms. The topological polar surface area (TPSA) is 80.7 Å². The van der Waals surface area contributed by atoms with Crippen LogP contribution in [0.3, 0.4) is 0 Å². The van der Waals surface area contributed by atoms with Crippen LogP contribution in [0, 0.1) is 29.2 Å². The Morgan fingerprint density at radius 1 is 0.860 bits per heavy atom. The van der Waals surface area contributed by atoms with Crippen LogP contribution in [0.15, 0.2) is 60.8 Å². The molecule has 5 aromatic rings. The molecule has 0 bridgehead atoms. The maximum atomic E-state index is 16.7. The van der Waals surface area contributed by atoms with Gasteiger partial charge in [0.25, 0.3) is 0 Å². The highest BCUT2D eigenvalue weighted by Crippen LogP contribution is 2.40. The van der Waals surface area contributed by atoms with E-state index in [0.29, 0.717) is 61.1 Å². The molecule has 12 heteroatoms. The first-order valence-corrected chi connectivity index (χ1v) is 17.1. The highest BCUT2D eigenvalue weighted by Gasteiger charge is 2.45. The van der Waals surface area contributed by atoms with Gasteiger partial charge in [0.05, 0.1) is 16.8 Å². The molecule has 1 unspecified atom stereocenters. The Morgan fingerprint density at radius 2 is 1.66 bits per heavy atom. The Kier molecular flexibility index (Phi) is 8.50. The first-order valence-electron chi connectivity index (χ1n) is 17.1. The van der Waals surface area contributed by atoms with Crippen LogP contribution >= 0.6 is 0 Å². The first kappa shape index (κ1) is 32.4. The van der Waals surface area contributed by atoms with Crippen LogP contribution in [0.25, 0.3) is 32.9 Å². The molecule has 5 heterocycles. The summed E-state index contributed by atoms with van der Waals surface area (Å²) in [7, 11) is 0. The lowest BCUT2D eigenvalue weighted by atomic mass is 9.95. The van der Waals surface area contributed by atoms with Crippen molar-refractivity contribution in [3.8, 4) is 23.0 Å². The fraction of sp³-hybridized carbons (Fsp3) is 0.368. The number of pyridine rings is 1. The van der Waals surface area contributed by atoms with Crippen LogP contribution in [-0.4, -0.2) is 64.1 Å². The third-order valence-electron chi connectivity index (χ3n) is 10.5. The number of carbonyl (C=O) groups excluding carboxylic acids is 1. The summed E-state index contributed by atoms with van der Waals surface area (Å²) in [5.74, 6) is -4.00. The number of hydrogen-bond donors (Lipinski definition) is 0. The van der Waals surface area contributed by atoms with Gasteiger partial charge in [-0.1, -0.05) is 30.3 Å². The van der Waals surface area contributed by atoms with E-state index in [0.717, 1.165) is 50.9 Å². The predicted octanol–water partition coefficient (Wildman–Crippen LogP) is 7.62.